The summed E-state index contributed by atoms with van der Waals surface area (Å²) in [6.45, 7) is 4.49. The fourth-order valence-corrected chi connectivity index (χ4v) is 3.34. The minimum atomic E-state index is 0.514. The zero-order valence-corrected chi connectivity index (χ0v) is 14.0. The number of nitrogens with one attached hydrogen (secondary N) is 1. The van der Waals surface area contributed by atoms with E-state index in [0.29, 0.717) is 6.04 Å². The Balaban J connectivity index is 2.48. The molecular formula is C15H21BrN2S. The molecule has 1 aromatic carbocycles. The molecule has 1 atom stereocenters. The van der Waals surface area contributed by atoms with E-state index >= 15 is 0 Å². The largest absolute Gasteiger partial charge is 0.331 e. The molecule has 4 heteroatoms. The van der Waals surface area contributed by atoms with Crippen LogP contribution in [0, 0.1) is 4.77 Å². The highest BCUT2D eigenvalue weighted by molar-refractivity contribution is 9.10. The predicted molar refractivity (Wildman–Crippen MR) is 88.3 cm³/mol. The molecule has 1 unspecified atom stereocenters. The molecule has 0 aliphatic carbocycles. The van der Waals surface area contributed by atoms with Crippen molar-refractivity contribution in [3.05, 3.63) is 27.4 Å². The molecule has 1 heterocycles. The number of hydrogen-bond acceptors (Lipinski definition) is 1. The van der Waals surface area contributed by atoms with Gasteiger partial charge in [0.25, 0.3) is 0 Å². The number of fused-ring (bicyclic) bond motifs is 1. The number of aromatic nitrogens is 2. The maximum absolute atomic E-state index is 5.53. The van der Waals surface area contributed by atoms with E-state index in [4.69, 9.17) is 12.2 Å². The lowest BCUT2D eigenvalue weighted by Gasteiger charge is -2.19. The van der Waals surface area contributed by atoms with Crippen molar-refractivity contribution in [1.29, 1.82) is 0 Å². The average Bonchev–Trinajstić information content (AvgIpc) is 2.70. The molecule has 2 nitrogen and oxygen atoms in total. The van der Waals surface area contributed by atoms with Crippen LogP contribution in [0.3, 0.4) is 0 Å². The Labute approximate surface area is 128 Å². The summed E-state index contributed by atoms with van der Waals surface area (Å²) in [6, 6.07) is 6.82. The van der Waals surface area contributed by atoms with Gasteiger partial charge in [-0.2, -0.15) is 0 Å². The summed E-state index contributed by atoms with van der Waals surface area (Å²) in [4.78, 5) is 3.33. The number of aromatic amines is 1. The van der Waals surface area contributed by atoms with Crippen LogP contribution in [0.15, 0.2) is 22.7 Å². The normalized spacial score (nSPS) is 13.0. The Kier molecular flexibility index (Phi) is 5.22. The third-order valence-corrected chi connectivity index (χ3v) is 4.35. The van der Waals surface area contributed by atoms with Crippen molar-refractivity contribution in [2.45, 2.75) is 52.0 Å². The summed E-state index contributed by atoms with van der Waals surface area (Å²) < 4.78 is 4.27. The number of imidazole rings is 1. The molecule has 0 aliphatic heterocycles. The average molecular weight is 341 g/mol. The lowest BCUT2D eigenvalue weighted by atomic mass is 10.0. The topological polar surface area (TPSA) is 20.7 Å². The highest BCUT2D eigenvalue weighted by Crippen LogP contribution is 2.28. The molecule has 1 aromatic heterocycles. The molecule has 0 saturated heterocycles. The minimum Gasteiger partial charge on any atom is -0.331 e. The molecule has 0 saturated carbocycles. The summed E-state index contributed by atoms with van der Waals surface area (Å²) >= 11 is 9.08. The number of halogens is 1. The molecule has 19 heavy (non-hydrogen) atoms. The first-order chi connectivity index (χ1) is 9.17. The summed E-state index contributed by atoms with van der Waals surface area (Å²) in [6.07, 6.45) is 6.08. The number of hydrogen-bond donors (Lipinski definition) is 1. The van der Waals surface area contributed by atoms with Gasteiger partial charge in [-0.1, -0.05) is 49.0 Å². The van der Waals surface area contributed by atoms with Crippen LogP contribution in [-0.4, -0.2) is 9.55 Å². The van der Waals surface area contributed by atoms with E-state index in [9.17, 15) is 0 Å². The van der Waals surface area contributed by atoms with Crippen LogP contribution in [0.25, 0.3) is 11.0 Å². The fourth-order valence-electron chi connectivity index (χ4n) is 2.63. The summed E-state index contributed by atoms with van der Waals surface area (Å²) in [5.41, 5.74) is 2.35. The van der Waals surface area contributed by atoms with E-state index in [-0.39, 0.29) is 0 Å². The Hall–Kier alpha value is -0.610. The molecule has 0 fully saturated rings. The van der Waals surface area contributed by atoms with Crippen molar-refractivity contribution in [2.24, 2.45) is 0 Å². The third-order valence-electron chi connectivity index (χ3n) is 3.56. The van der Waals surface area contributed by atoms with Crippen molar-refractivity contribution in [3.8, 4) is 0 Å². The van der Waals surface area contributed by atoms with Crippen molar-refractivity contribution >= 4 is 39.2 Å². The van der Waals surface area contributed by atoms with Crippen LogP contribution in [0.4, 0.5) is 0 Å². The molecule has 104 valence electrons. The Bertz CT molecular complexity index is 600. The van der Waals surface area contributed by atoms with Crippen LogP contribution in [0.1, 0.15) is 52.0 Å². The van der Waals surface area contributed by atoms with Gasteiger partial charge >= 0.3 is 0 Å². The third kappa shape index (κ3) is 3.29. The Morgan fingerprint density at radius 2 is 2.05 bits per heavy atom. The van der Waals surface area contributed by atoms with Gasteiger partial charge in [0, 0.05) is 10.5 Å². The monoisotopic (exact) mass is 340 g/mol. The quantitative estimate of drug-likeness (QED) is 0.640. The molecule has 0 spiro atoms. The predicted octanol–water partition coefficient (Wildman–Crippen LogP) is 5.99. The molecule has 2 rings (SSSR count). The van der Waals surface area contributed by atoms with Crippen LogP contribution in [0.2, 0.25) is 0 Å². The Morgan fingerprint density at radius 3 is 2.74 bits per heavy atom. The van der Waals surface area contributed by atoms with Crippen LogP contribution >= 0.6 is 28.1 Å². The summed E-state index contributed by atoms with van der Waals surface area (Å²) in [5, 5.41) is 0. The maximum Gasteiger partial charge on any atom is 0.178 e. The number of nitrogens with zero attached hydrogens (tertiary/aromatic N) is 1. The van der Waals surface area contributed by atoms with Gasteiger partial charge in [0.05, 0.1) is 11.0 Å². The lowest BCUT2D eigenvalue weighted by Crippen LogP contribution is -2.09. The number of benzene rings is 1. The van der Waals surface area contributed by atoms with Gasteiger partial charge in [0.1, 0.15) is 0 Å². The molecule has 0 amide bonds. The van der Waals surface area contributed by atoms with Crippen molar-refractivity contribution in [3.63, 3.8) is 0 Å². The summed E-state index contributed by atoms with van der Waals surface area (Å²) in [5.74, 6) is 0. The second-order valence-corrected chi connectivity index (χ2v) is 6.35. The van der Waals surface area contributed by atoms with Crippen LogP contribution in [-0.2, 0) is 0 Å². The van der Waals surface area contributed by atoms with E-state index in [1.54, 1.807) is 0 Å². The van der Waals surface area contributed by atoms with Gasteiger partial charge in [0.2, 0.25) is 0 Å². The van der Waals surface area contributed by atoms with Gasteiger partial charge in [-0.25, -0.2) is 0 Å². The molecule has 0 radical (unpaired) electrons. The Morgan fingerprint density at radius 1 is 1.26 bits per heavy atom. The highest BCUT2D eigenvalue weighted by Gasteiger charge is 2.14. The van der Waals surface area contributed by atoms with Gasteiger partial charge in [0.15, 0.2) is 4.77 Å². The first kappa shape index (κ1) is 14.8. The molecule has 1 N–H and O–H groups in total. The van der Waals surface area contributed by atoms with E-state index in [0.717, 1.165) is 14.8 Å². The standard InChI is InChI=1S/C15H21BrN2S/c1-3-5-7-12(6-4-2)18-14-10-11(16)8-9-13(14)17-15(18)19/h8-10,12H,3-7H2,1-2H3,(H,17,19). The van der Waals surface area contributed by atoms with Crippen molar-refractivity contribution in [2.75, 3.05) is 0 Å². The first-order valence-electron chi connectivity index (χ1n) is 7.07. The second-order valence-electron chi connectivity index (χ2n) is 5.05. The van der Waals surface area contributed by atoms with Crippen molar-refractivity contribution < 1.29 is 0 Å². The first-order valence-corrected chi connectivity index (χ1v) is 8.27. The van der Waals surface area contributed by atoms with E-state index in [2.05, 4.69) is 57.5 Å². The van der Waals surface area contributed by atoms with Crippen molar-refractivity contribution in [1.82, 2.24) is 9.55 Å². The second kappa shape index (κ2) is 6.71. The van der Waals surface area contributed by atoms with E-state index in [1.807, 2.05) is 0 Å². The number of unbranched alkanes of at least 4 members (excludes halogenated alkanes) is 1. The van der Waals surface area contributed by atoms with E-state index < -0.39 is 0 Å². The molecule has 0 aliphatic rings. The number of H-pyrrole nitrogens is 1. The SMILES string of the molecule is CCCCC(CCC)n1c(=S)[nH]c2ccc(Br)cc21. The highest BCUT2D eigenvalue weighted by atomic mass is 79.9. The minimum absolute atomic E-state index is 0.514. The molecule has 0 bridgehead atoms. The smallest absolute Gasteiger partial charge is 0.178 e. The van der Waals surface area contributed by atoms with Gasteiger partial charge in [-0.3, -0.25) is 0 Å². The maximum atomic E-state index is 5.53. The zero-order chi connectivity index (χ0) is 13.8. The van der Waals surface area contributed by atoms with Gasteiger partial charge in [-0.15, -0.1) is 0 Å². The number of rotatable bonds is 6. The van der Waals surface area contributed by atoms with Crippen LogP contribution in [0.5, 0.6) is 0 Å². The van der Waals surface area contributed by atoms with E-state index in [1.165, 1.54) is 37.6 Å². The lowest BCUT2D eigenvalue weighted by molar-refractivity contribution is 0.422. The van der Waals surface area contributed by atoms with Gasteiger partial charge in [-0.05, 0) is 43.3 Å². The molecule has 2 aromatic rings. The molecular weight excluding hydrogens is 320 g/mol. The fraction of sp³-hybridized carbons (Fsp3) is 0.533. The van der Waals surface area contributed by atoms with Crippen LogP contribution < -0.4 is 0 Å². The van der Waals surface area contributed by atoms with Gasteiger partial charge < -0.3 is 9.55 Å². The summed E-state index contributed by atoms with van der Waals surface area (Å²) in [7, 11) is 0. The zero-order valence-electron chi connectivity index (χ0n) is 11.6.